The first-order valence-corrected chi connectivity index (χ1v) is 8.83. The average molecular weight is 332 g/mol. The van der Waals surface area contributed by atoms with E-state index in [2.05, 4.69) is 10.1 Å². The number of nitrogens with two attached hydrogens (primary N) is 1. The summed E-state index contributed by atoms with van der Waals surface area (Å²) in [6.07, 6.45) is 2.04. The molecule has 1 aliphatic heterocycles. The molecule has 0 radical (unpaired) electrons. The number of hydrogen-bond donors (Lipinski definition) is 3. The van der Waals surface area contributed by atoms with Crippen LogP contribution in [0.25, 0.3) is 0 Å². The Balaban J connectivity index is 2.24. The third kappa shape index (κ3) is 3.84. The highest BCUT2D eigenvalue weighted by Gasteiger charge is 2.24. The molecule has 0 saturated carbocycles. The van der Waals surface area contributed by atoms with Gasteiger partial charge in [-0.1, -0.05) is 0 Å². The minimum atomic E-state index is -3.86. The molecular formula is C11H16N4O4S2. The Bertz CT molecular complexity index is 629. The number of non-ortho nitro benzene ring substituents is 1. The molecule has 0 spiro atoms. The molecule has 0 aliphatic carbocycles. The first-order valence-electron chi connectivity index (χ1n) is 6.30. The molecule has 8 nitrogen and oxygen atoms in total. The summed E-state index contributed by atoms with van der Waals surface area (Å²) in [6.45, 7) is 0.305. The first kappa shape index (κ1) is 16.0. The third-order valence-corrected chi connectivity index (χ3v) is 6.01. The molecule has 21 heavy (non-hydrogen) atoms. The van der Waals surface area contributed by atoms with Crippen molar-refractivity contribution in [1.29, 1.82) is 0 Å². The maximum atomic E-state index is 12.3. The number of hydrogen-bond acceptors (Lipinski definition) is 7. The van der Waals surface area contributed by atoms with Crippen molar-refractivity contribution in [3.8, 4) is 0 Å². The van der Waals surface area contributed by atoms with E-state index in [-0.39, 0.29) is 21.5 Å². The topological polar surface area (TPSA) is 127 Å². The van der Waals surface area contributed by atoms with Gasteiger partial charge in [0.2, 0.25) is 10.0 Å². The Morgan fingerprint density at radius 1 is 1.48 bits per heavy atom. The number of nitrogen functional groups attached to an aromatic ring is 1. The van der Waals surface area contributed by atoms with E-state index in [9.17, 15) is 18.5 Å². The Labute approximate surface area is 126 Å². The third-order valence-electron chi connectivity index (χ3n) is 3.15. The molecule has 116 valence electrons. The molecule has 4 N–H and O–H groups in total. The van der Waals surface area contributed by atoms with Crippen LogP contribution < -0.4 is 16.0 Å². The van der Waals surface area contributed by atoms with Crippen LogP contribution in [0.3, 0.4) is 0 Å². The van der Waals surface area contributed by atoms with Gasteiger partial charge >= 0.3 is 0 Å². The Hall–Kier alpha value is -1.36. The zero-order valence-corrected chi connectivity index (χ0v) is 12.7. The molecule has 1 aromatic carbocycles. The molecule has 0 aromatic heterocycles. The van der Waals surface area contributed by atoms with Gasteiger partial charge in [0.25, 0.3) is 5.69 Å². The summed E-state index contributed by atoms with van der Waals surface area (Å²) in [5.41, 5.74) is 2.07. The van der Waals surface area contributed by atoms with E-state index >= 15 is 0 Å². The number of nitrogens with one attached hydrogen (secondary N) is 2. The first-order chi connectivity index (χ1) is 9.94. The standard InChI is InChI=1S/C11H16N4O4S2/c12-14-10-4-3-8(15(16)17)6-11(10)21(18,19)13-7-9-2-1-5-20-9/h3-4,6,9,13-14H,1-2,5,7,12H2. The molecule has 1 fully saturated rings. The van der Waals surface area contributed by atoms with Crippen LogP contribution in [0.15, 0.2) is 23.1 Å². The minimum Gasteiger partial charge on any atom is -0.323 e. The zero-order chi connectivity index (χ0) is 15.5. The minimum absolute atomic E-state index is 0.118. The molecule has 0 bridgehead atoms. The predicted molar refractivity (Wildman–Crippen MR) is 81.6 cm³/mol. The van der Waals surface area contributed by atoms with E-state index in [4.69, 9.17) is 5.84 Å². The number of thioether (sulfide) groups is 1. The highest BCUT2D eigenvalue weighted by molar-refractivity contribution is 8.00. The fraction of sp³-hybridized carbons (Fsp3) is 0.455. The monoisotopic (exact) mass is 332 g/mol. The quantitative estimate of drug-likeness (QED) is 0.403. The Morgan fingerprint density at radius 2 is 2.24 bits per heavy atom. The van der Waals surface area contributed by atoms with Crippen LogP contribution in [0, 0.1) is 10.1 Å². The fourth-order valence-electron chi connectivity index (χ4n) is 2.05. The average Bonchev–Trinajstić information content (AvgIpc) is 2.98. The normalized spacial score (nSPS) is 18.6. The number of nitro groups is 1. The maximum Gasteiger partial charge on any atom is 0.270 e. The fourth-order valence-corrected chi connectivity index (χ4v) is 4.63. The van der Waals surface area contributed by atoms with Crippen LogP contribution >= 0.6 is 11.8 Å². The lowest BCUT2D eigenvalue weighted by Gasteiger charge is -2.13. The second-order valence-corrected chi connectivity index (χ2v) is 7.71. The van der Waals surface area contributed by atoms with Crippen molar-refractivity contribution in [2.24, 2.45) is 5.84 Å². The predicted octanol–water partition coefficient (Wildman–Crippen LogP) is 1.05. The van der Waals surface area contributed by atoms with Gasteiger partial charge in [-0.3, -0.25) is 16.0 Å². The van der Waals surface area contributed by atoms with Crippen molar-refractivity contribution < 1.29 is 13.3 Å². The van der Waals surface area contributed by atoms with Gasteiger partial charge in [-0.2, -0.15) is 11.8 Å². The lowest BCUT2D eigenvalue weighted by Crippen LogP contribution is -2.30. The summed E-state index contributed by atoms with van der Waals surface area (Å²) in [6, 6.07) is 3.47. The van der Waals surface area contributed by atoms with Gasteiger partial charge in [-0.25, -0.2) is 13.1 Å². The van der Waals surface area contributed by atoms with E-state index in [0.717, 1.165) is 24.7 Å². The van der Waals surface area contributed by atoms with Gasteiger partial charge in [0.15, 0.2) is 0 Å². The summed E-state index contributed by atoms with van der Waals surface area (Å²) in [4.78, 5) is 9.92. The summed E-state index contributed by atoms with van der Waals surface area (Å²) < 4.78 is 27.1. The van der Waals surface area contributed by atoms with Gasteiger partial charge in [-0.05, 0) is 24.7 Å². The molecule has 1 saturated heterocycles. The van der Waals surface area contributed by atoms with Crippen molar-refractivity contribution in [1.82, 2.24) is 4.72 Å². The van der Waals surface area contributed by atoms with Gasteiger partial charge in [0, 0.05) is 23.9 Å². The van der Waals surface area contributed by atoms with E-state index in [0.29, 0.717) is 6.54 Å². The lowest BCUT2D eigenvalue weighted by atomic mass is 10.2. The molecular weight excluding hydrogens is 316 g/mol. The molecule has 2 rings (SSSR count). The summed E-state index contributed by atoms with van der Waals surface area (Å²) in [5, 5.41) is 11.0. The second-order valence-electron chi connectivity index (χ2n) is 4.57. The molecule has 1 atom stereocenters. The molecule has 1 heterocycles. The van der Waals surface area contributed by atoms with Crippen molar-refractivity contribution in [2.45, 2.75) is 23.0 Å². The molecule has 0 amide bonds. The smallest absolute Gasteiger partial charge is 0.270 e. The zero-order valence-electron chi connectivity index (χ0n) is 11.1. The number of hydrazine groups is 1. The lowest BCUT2D eigenvalue weighted by molar-refractivity contribution is -0.385. The van der Waals surface area contributed by atoms with E-state index in [1.54, 1.807) is 11.8 Å². The van der Waals surface area contributed by atoms with Gasteiger partial charge < -0.3 is 5.43 Å². The summed E-state index contributed by atoms with van der Waals surface area (Å²) >= 11 is 1.72. The number of anilines is 1. The number of nitro benzene ring substituents is 1. The summed E-state index contributed by atoms with van der Waals surface area (Å²) in [7, 11) is -3.86. The highest BCUT2D eigenvalue weighted by atomic mass is 32.2. The van der Waals surface area contributed by atoms with Gasteiger partial charge in [-0.15, -0.1) is 0 Å². The van der Waals surface area contributed by atoms with Crippen molar-refractivity contribution in [3.63, 3.8) is 0 Å². The van der Waals surface area contributed by atoms with E-state index < -0.39 is 14.9 Å². The molecule has 1 aromatic rings. The van der Waals surface area contributed by atoms with Gasteiger partial charge in [0.1, 0.15) is 4.90 Å². The number of sulfonamides is 1. The van der Waals surface area contributed by atoms with Crippen LogP contribution in [0.5, 0.6) is 0 Å². The number of nitrogens with zero attached hydrogens (tertiary/aromatic N) is 1. The van der Waals surface area contributed by atoms with Crippen LogP contribution in [0.2, 0.25) is 0 Å². The summed E-state index contributed by atoms with van der Waals surface area (Å²) in [5.74, 6) is 6.30. The van der Waals surface area contributed by atoms with Crippen LogP contribution in [0.4, 0.5) is 11.4 Å². The second kappa shape index (κ2) is 6.60. The number of rotatable bonds is 6. The van der Waals surface area contributed by atoms with Crippen molar-refractivity contribution in [3.05, 3.63) is 28.3 Å². The van der Waals surface area contributed by atoms with E-state index in [1.165, 1.54) is 12.1 Å². The molecule has 10 heteroatoms. The van der Waals surface area contributed by atoms with Crippen molar-refractivity contribution in [2.75, 3.05) is 17.7 Å². The maximum absolute atomic E-state index is 12.3. The Morgan fingerprint density at radius 3 is 2.81 bits per heavy atom. The largest absolute Gasteiger partial charge is 0.323 e. The van der Waals surface area contributed by atoms with Crippen LogP contribution in [-0.4, -0.2) is 30.9 Å². The van der Waals surface area contributed by atoms with Gasteiger partial charge in [0.05, 0.1) is 10.6 Å². The van der Waals surface area contributed by atoms with Crippen molar-refractivity contribution >= 4 is 33.2 Å². The molecule has 1 aliphatic rings. The molecule has 1 unspecified atom stereocenters. The van der Waals surface area contributed by atoms with Crippen LogP contribution in [-0.2, 0) is 10.0 Å². The van der Waals surface area contributed by atoms with E-state index in [1.807, 2.05) is 0 Å². The highest BCUT2D eigenvalue weighted by Crippen LogP contribution is 2.28. The Kier molecular flexibility index (Phi) is 5.04. The number of benzene rings is 1. The SMILES string of the molecule is NNc1ccc([N+](=O)[O-])cc1S(=O)(=O)NCC1CCCS1. The van der Waals surface area contributed by atoms with Crippen LogP contribution in [0.1, 0.15) is 12.8 Å².